The molecule has 5 aromatic carbocycles. The van der Waals surface area contributed by atoms with Crippen LogP contribution in [0.4, 0.5) is 0 Å². The Morgan fingerprint density at radius 3 is 2.00 bits per heavy atom. The van der Waals surface area contributed by atoms with Crippen LogP contribution in [-0.2, 0) is 6.42 Å². The molecule has 0 radical (unpaired) electrons. The van der Waals surface area contributed by atoms with E-state index in [2.05, 4.69) is 65.3 Å². The fraction of sp³-hybridized carbons (Fsp3) is 0.0294. The molecular weight excluding hydrogens is 464 g/mol. The Balaban J connectivity index is 1.51. The van der Waals surface area contributed by atoms with Crippen LogP contribution in [0.2, 0.25) is 0 Å². The van der Waals surface area contributed by atoms with Crippen LogP contribution in [0.1, 0.15) is 11.1 Å². The molecule has 1 aliphatic carbocycles. The van der Waals surface area contributed by atoms with Gasteiger partial charge in [-0.15, -0.1) is 0 Å². The van der Waals surface area contributed by atoms with Gasteiger partial charge in [-0.2, -0.15) is 9.97 Å². The summed E-state index contributed by atoms with van der Waals surface area (Å²) in [4.78, 5) is 15.0. The minimum absolute atomic E-state index is 0.623. The standard InChI is InChI=1S/C34H22N4/c1-3-11-23(12-4-1)32-35-33(24-13-5-2-6-14-24)37-34(36-32)38-28-20-8-7-18-26(28)31-27-19-10-16-22-15-9-17-25(30(22)27)21-29(31)38/h1-18,20-21H,19H2. The van der Waals surface area contributed by atoms with Crippen molar-refractivity contribution in [3.05, 3.63) is 126 Å². The van der Waals surface area contributed by atoms with Crippen LogP contribution >= 0.6 is 0 Å². The molecule has 0 saturated heterocycles. The first kappa shape index (κ1) is 21.0. The van der Waals surface area contributed by atoms with Gasteiger partial charge in [0.15, 0.2) is 11.6 Å². The lowest BCUT2D eigenvalue weighted by atomic mass is 9.90. The fourth-order valence-electron chi connectivity index (χ4n) is 5.80. The third-order valence-electron chi connectivity index (χ3n) is 7.44. The first-order valence-corrected chi connectivity index (χ1v) is 12.9. The summed E-state index contributed by atoms with van der Waals surface area (Å²) in [5, 5.41) is 5.07. The van der Waals surface area contributed by atoms with E-state index in [-0.39, 0.29) is 0 Å². The quantitative estimate of drug-likeness (QED) is 0.254. The Morgan fingerprint density at radius 2 is 1.26 bits per heavy atom. The molecule has 0 amide bonds. The highest BCUT2D eigenvalue weighted by Gasteiger charge is 2.22. The van der Waals surface area contributed by atoms with Gasteiger partial charge in [0.1, 0.15) is 0 Å². The third kappa shape index (κ3) is 3.14. The van der Waals surface area contributed by atoms with Crippen molar-refractivity contribution in [2.75, 3.05) is 0 Å². The average molecular weight is 487 g/mol. The Morgan fingerprint density at radius 1 is 0.579 bits per heavy atom. The lowest BCUT2D eigenvalue weighted by Gasteiger charge is -2.15. The van der Waals surface area contributed by atoms with Gasteiger partial charge in [0, 0.05) is 21.9 Å². The van der Waals surface area contributed by atoms with Gasteiger partial charge in [-0.05, 0) is 40.5 Å². The highest BCUT2D eigenvalue weighted by atomic mass is 15.2. The summed E-state index contributed by atoms with van der Waals surface area (Å²) in [5.41, 5.74) is 6.78. The molecular formula is C34H22N4. The number of hydrogen-bond donors (Lipinski definition) is 0. The highest BCUT2D eigenvalue weighted by molar-refractivity contribution is 6.17. The van der Waals surface area contributed by atoms with E-state index in [0.29, 0.717) is 17.6 Å². The molecule has 0 fully saturated rings. The zero-order chi connectivity index (χ0) is 25.1. The lowest BCUT2D eigenvalue weighted by Crippen LogP contribution is -2.06. The number of para-hydroxylation sites is 1. The van der Waals surface area contributed by atoms with E-state index in [1.54, 1.807) is 0 Å². The smallest absolute Gasteiger partial charge is 0.238 e. The van der Waals surface area contributed by atoms with Crippen LogP contribution in [0.5, 0.6) is 0 Å². The maximum Gasteiger partial charge on any atom is 0.238 e. The SMILES string of the molecule is C1=Cc2cccc3cc4c(c(c23)C1)c1ccccc1n4-c1nc(-c2ccccc2)nc(-c2ccccc2)n1. The molecule has 38 heavy (non-hydrogen) atoms. The number of allylic oxidation sites excluding steroid dienone is 1. The van der Waals surface area contributed by atoms with Crippen LogP contribution < -0.4 is 0 Å². The summed E-state index contributed by atoms with van der Waals surface area (Å²) < 4.78 is 2.21. The number of fused-ring (bicyclic) bond motifs is 4. The Labute approximate surface area is 219 Å². The van der Waals surface area contributed by atoms with Crippen molar-refractivity contribution in [2.24, 2.45) is 0 Å². The van der Waals surface area contributed by atoms with Crippen molar-refractivity contribution in [3.63, 3.8) is 0 Å². The normalized spacial score (nSPS) is 12.5. The highest BCUT2D eigenvalue weighted by Crippen LogP contribution is 2.40. The van der Waals surface area contributed by atoms with Gasteiger partial charge in [0.25, 0.3) is 0 Å². The van der Waals surface area contributed by atoms with E-state index in [0.717, 1.165) is 28.6 Å². The summed E-state index contributed by atoms with van der Waals surface area (Å²) in [6.45, 7) is 0. The van der Waals surface area contributed by atoms with Crippen molar-refractivity contribution in [3.8, 4) is 28.7 Å². The minimum Gasteiger partial charge on any atom is -0.278 e. The molecule has 0 bridgehead atoms. The second-order valence-corrected chi connectivity index (χ2v) is 9.67. The van der Waals surface area contributed by atoms with Gasteiger partial charge >= 0.3 is 0 Å². The van der Waals surface area contributed by atoms with Gasteiger partial charge in [-0.1, -0.05) is 109 Å². The largest absolute Gasteiger partial charge is 0.278 e. The number of benzene rings is 5. The van der Waals surface area contributed by atoms with E-state index in [9.17, 15) is 0 Å². The zero-order valence-electron chi connectivity index (χ0n) is 20.5. The van der Waals surface area contributed by atoms with Crippen LogP contribution in [0.3, 0.4) is 0 Å². The van der Waals surface area contributed by atoms with Crippen molar-refractivity contribution in [2.45, 2.75) is 6.42 Å². The average Bonchev–Trinajstić information content (AvgIpc) is 3.32. The maximum atomic E-state index is 5.07. The number of hydrogen-bond acceptors (Lipinski definition) is 3. The van der Waals surface area contributed by atoms with Crippen molar-refractivity contribution in [1.82, 2.24) is 19.5 Å². The molecule has 0 atom stereocenters. The summed E-state index contributed by atoms with van der Waals surface area (Å²) in [5.74, 6) is 1.94. The molecule has 8 rings (SSSR count). The Bertz CT molecular complexity index is 1980. The zero-order valence-corrected chi connectivity index (χ0v) is 20.5. The Kier molecular flexibility index (Phi) is 4.55. The monoisotopic (exact) mass is 486 g/mol. The molecule has 0 saturated carbocycles. The number of aromatic nitrogens is 4. The topological polar surface area (TPSA) is 43.6 Å². The van der Waals surface area contributed by atoms with E-state index < -0.39 is 0 Å². The predicted molar refractivity (Wildman–Crippen MR) is 155 cm³/mol. The molecule has 0 N–H and O–H groups in total. The van der Waals surface area contributed by atoms with Crippen LogP contribution in [0, 0.1) is 0 Å². The second kappa shape index (κ2) is 8.22. The van der Waals surface area contributed by atoms with Gasteiger partial charge in [-0.3, -0.25) is 4.57 Å². The molecule has 0 unspecified atom stereocenters. The fourth-order valence-corrected chi connectivity index (χ4v) is 5.80. The molecule has 1 aliphatic rings. The third-order valence-corrected chi connectivity index (χ3v) is 7.44. The first-order valence-electron chi connectivity index (χ1n) is 12.9. The number of nitrogens with zero attached hydrogens (tertiary/aromatic N) is 4. The van der Waals surface area contributed by atoms with Crippen molar-refractivity contribution in [1.29, 1.82) is 0 Å². The molecule has 0 spiro atoms. The van der Waals surface area contributed by atoms with Crippen LogP contribution in [0.15, 0.2) is 115 Å². The van der Waals surface area contributed by atoms with Gasteiger partial charge in [0.2, 0.25) is 5.95 Å². The molecule has 0 aliphatic heterocycles. The molecule has 7 aromatic rings. The summed E-state index contributed by atoms with van der Waals surface area (Å²) in [6, 6.07) is 37.7. The van der Waals surface area contributed by atoms with Crippen LogP contribution in [-0.4, -0.2) is 19.5 Å². The van der Waals surface area contributed by atoms with Gasteiger partial charge < -0.3 is 0 Å². The summed E-state index contributed by atoms with van der Waals surface area (Å²) >= 11 is 0. The van der Waals surface area contributed by atoms with E-state index in [4.69, 9.17) is 15.0 Å². The molecule has 4 nitrogen and oxygen atoms in total. The van der Waals surface area contributed by atoms with Gasteiger partial charge in [0.05, 0.1) is 11.0 Å². The van der Waals surface area contributed by atoms with E-state index in [1.807, 2.05) is 60.7 Å². The van der Waals surface area contributed by atoms with Crippen LogP contribution in [0.25, 0.3) is 67.4 Å². The second-order valence-electron chi connectivity index (χ2n) is 9.67. The number of rotatable bonds is 3. The minimum atomic E-state index is 0.623. The van der Waals surface area contributed by atoms with Gasteiger partial charge in [-0.25, -0.2) is 4.98 Å². The van der Waals surface area contributed by atoms with E-state index in [1.165, 1.54) is 32.7 Å². The van der Waals surface area contributed by atoms with E-state index >= 15 is 0 Å². The van der Waals surface area contributed by atoms with Crippen molar-refractivity contribution < 1.29 is 0 Å². The molecule has 4 heteroatoms. The lowest BCUT2D eigenvalue weighted by molar-refractivity contribution is 0.953. The Hall–Kier alpha value is -5.09. The first-order chi connectivity index (χ1) is 18.8. The maximum absolute atomic E-state index is 5.07. The molecule has 2 heterocycles. The summed E-state index contributed by atoms with van der Waals surface area (Å²) in [7, 11) is 0. The van der Waals surface area contributed by atoms with Crippen molar-refractivity contribution >= 4 is 38.7 Å². The molecule has 2 aromatic heterocycles. The predicted octanol–water partition coefficient (Wildman–Crippen LogP) is 8.03. The molecule has 178 valence electrons. The summed E-state index contributed by atoms with van der Waals surface area (Å²) in [6.07, 6.45) is 5.41.